The molecule has 2 fully saturated rings. The maximum absolute atomic E-state index is 13.1. The highest BCUT2D eigenvalue weighted by molar-refractivity contribution is 6.31. The zero-order chi connectivity index (χ0) is 16.4. The minimum atomic E-state index is -0.540. The van der Waals surface area contributed by atoms with Gasteiger partial charge in [0.2, 0.25) is 11.8 Å². The van der Waals surface area contributed by atoms with Crippen molar-refractivity contribution in [2.24, 2.45) is 0 Å². The fourth-order valence-electron chi connectivity index (χ4n) is 3.24. The maximum Gasteiger partial charge on any atom is 0.237 e. The van der Waals surface area contributed by atoms with Crippen LogP contribution in [0.15, 0.2) is 18.2 Å². The van der Waals surface area contributed by atoms with Crippen LogP contribution in [-0.2, 0) is 9.59 Å². The van der Waals surface area contributed by atoms with Gasteiger partial charge in [0.05, 0.1) is 17.5 Å². The molecule has 1 aromatic rings. The van der Waals surface area contributed by atoms with E-state index in [1.807, 2.05) is 0 Å². The van der Waals surface area contributed by atoms with Crippen LogP contribution in [0.25, 0.3) is 0 Å². The molecule has 0 spiro atoms. The van der Waals surface area contributed by atoms with Crippen LogP contribution in [-0.4, -0.2) is 29.9 Å². The molecule has 2 amide bonds. The smallest absolute Gasteiger partial charge is 0.237 e. The molecule has 3 rings (SSSR count). The van der Waals surface area contributed by atoms with Crippen LogP contribution in [0.1, 0.15) is 32.1 Å². The molecule has 7 heteroatoms. The number of halogens is 2. The molecule has 0 bridgehead atoms. The number of carbonyl (C=O) groups is 2. The maximum atomic E-state index is 13.1. The number of benzene rings is 1. The molecule has 1 aliphatic carbocycles. The molecule has 124 valence electrons. The quantitative estimate of drug-likeness (QED) is 0.790. The number of fused-ring (bicyclic) bond motifs is 1. The van der Waals surface area contributed by atoms with Gasteiger partial charge < -0.3 is 16.0 Å². The Kier molecular flexibility index (Phi) is 4.82. The first kappa shape index (κ1) is 16.2. The van der Waals surface area contributed by atoms with E-state index in [0.717, 1.165) is 25.7 Å². The Balaban J connectivity index is 1.58. The molecule has 1 saturated heterocycles. The lowest BCUT2D eigenvalue weighted by Crippen LogP contribution is -2.65. The highest BCUT2D eigenvalue weighted by Crippen LogP contribution is 2.23. The van der Waals surface area contributed by atoms with Crippen LogP contribution in [0.2, 0.25) is 5.02 Å². The van der Waals surface area contributed by atoms with Gasteiger partial charge in [0.1, 0.15) is 5.82 Å². The highest BCUT2D eigenvalue weighted by atomic mass is 35.5. The Morgan fingerprint density at radius 3 is 2.78 bits per heavy atom. The third-order valence-corrected chi connectivity index (χ3v) is 4.71. The molecule has 2 aliphatic rings. The molecular weight excluding hydrogens is 321 g/mol. The highest BCUT2D eigenvalue weighted by Gasteiger charge is 2.36. The van der Waals surface area contributed by atoms with Gasteiger partial charge >= 0.3 is 0 Å². The van der Waals surface area contributed by atoms with Gasteiger partial charge in [-0.05, 0) is 31.0 Å². The van der Waals surface area contributed by atoms with Crippen molar-refractivity contribution >= 4 is 29.1 Å². The molecule has 5 nitrogen and oxygen atoms in total. The van der Waals surface area contributed by atoms with Gasteiger partial charge in [0.15, 0.2) is 0 Å². The summed E-state index contributed by atoms with van der Waals surface area (Å²) >= 11 is 5.69. The van der Waals surface area contributed by atoms with Crippen molar-refractivity contribution in [2.45, 2.75) is 50.2 Å². The zero-order valence-corrected chi connectivity index (χ0v) is 13.3. The molecule has 3 N–H and O–H groups in total. The average molecular weight is 340 g/mol. The van der Waals surface area contributed by atoms with E-state index in [-0.39, 0.29) is 35.3 Å². The minimum Gasteiger partial charge on any atom is -0.350 e. The van der Waals surface area contributed by atoms with Crippen LogP contribution in [0.5, 0.6) is 0 Å². The summed E-state index contributed by atoms with van der Waals surface area (Å²) in [4.78, 5) is 24.2. The zero-order valence-electron chi connectivity index (χ0n) is 12.6. The van der Waals surface area contributed by atoms with E-state index in [1.165, 1.54) is 18.2 Å². The Hall–Kier alpha value is -1.66. The minimum absolute atomic E-state index is 0.0318. The molecular formula is C16H19ClFN3O2. The first-order valence-corrected chi connectivity index (χ1v) is 8.22. The third kappa shape index (κ3) is 3.82. The fourth-order valence-corrected chi connectivity index (χ4v) is 3.42. The first-order valence-electron chi connectivity index (χ1n) is 7.84. The summed E-state index contributed by atoms with van der Waals surface area (Å²) in [5, 5.41) is 8.87. The number of anilines is 1. The molecule has 3 atom stereocenters. The summed E-state index contributed by atoms with van der Waals surface area (Å²) in [6.07, 6.45) is 4.29. The van der Waals surface area contributed by atoms with Crippen molar-refractivity contribution in [3.8, 4) is 0 Å². The van der Waals surface area contributed by atoms with Crippen LogP contribution >= 0.6 is 11.6 Å². The Morgan fingerprint density at radius 1 is 1.30 bits per heavy atom. The van der Waals surface area contributed by atoms with Crippen molar-refractivity contribution in [1.82, 2.24) is 10.6 Å². The Labute approximate surface area is 139 Å². The van der Waals surface area contributed by atoms with E-state index < -0.39 is 11.9 Å². The third-order valence-electron chi connectivity index (χ3n) is 4.42. The van der Waals surface area contributed by atoms with Crippen LogP contribution in [0.3, 0.4) is 0 Å². The van der Waals surface area contributed by atoms with E-state index in [4.69, 9.17) is 11.6 Å². The number of carbonyl (C=O) groups excluding carboxylic acids is 2. The van der Waals surface area contributed by atoms with Crippen molar-refractivity contribution in [3.05, 3.63) is 29.0 Å². The molecule has 1 heterocycles. The lowest BCUT2D eigenvalue weighted by Gasteiger charge is -2.40. The second-order valence-electron chi connectivity index (χ2n) is 6.11. The first-order chi connectivity index (χ1) is 11.0. The van der Waals surface area contributed by atoms with E-state index in [2.05, 4.69) is 16.0 Å². The number of hydrogen-bond acceptors (Lipinski definition) is 3. The lowest BCUT2D eigenvalue weighted by atomic mass is 9.87. The monoisotopic (exact) mass is 339 g/mol. The summed E-state index contributed by atoms with van der Waals surface area (Å²) in [5.41, 5.74) is 0.410. The Morgan fingerprint density at radius 2 is 2.04 bits per heavy atom. The largest absolute Gasteiger partial charge is 0.350 e. The number of piperazine rings is 1. The van der Waals surface area contributed by atoms with Gasteiger partial charge in [-0.1, -0.05) is 24.4 Å². The average Bonchev–Trinajstić information content (AvgIpc) is 2.51. The van der Waals surface area contributed by atoms with Gasteiger partial charge in [0, 0.05) is 17.8 Å². The summed E-state index contributed by atoms with van der Waals surface area (Å²) in [5.74, 6) is -0.989. The molecule has 0 radical (unpaired) electrons. The van der Waals surface area contributed by atoms with Gasteiger partial charge in [0.25, 0.3) is 0 Å². The number of nitrogens with one attached hydrogen (secondary N) is 3. The van der Waals surface area contributed by atoms with Crippen LogP contribution in [0, 0.1) is 5.82 Å². The molecule has 0 aromatic heterocycles. The van der Waals surface area contributed by atoms with Gasteiger partial charge in [-0.25, -0.2) is 4.39 Å². The second kappa shape index (κ2) is 6.84. The molecule has 0 unspecified atom stereocenters. The summed E-state index contributed by atoms with van der Waals surface area (Å²) < 4.78 is 13.1. The molecule has 1 saturated carbocycles. The number of amides is 2. The standard InChI is InChI=1S/C16H19ClFN3O2/c17-10-7-9(5-6-11(10)18)19-15(22)8-14-16(23)21-13-4-2-1-3-12(13)20-14/h5-7,12-14,20H,1-4,8H2,(H,19,22)(H,21,23)/t12-,13-,14-/m0/s1. The summed E-state index contributed by atoms with van der Waals surface area (Å²) in [6.45, 7) is 0. The van der Waals surface area contributed by atoms with Crippen molar-refractivity contribution < 1.29 is 14.0 Å². The second-order valence-corrected chi connectivity index (χ2v) is 6.51. The van der Waals surface area contributed by atoms with Gasteiger partial charge in [-0.2, -0.15) is 0 Å². The van der Waals surface area contributed by atoms with E-state index in [0.29, 0.717) is 5.69 Å². The van der Waals surface area contributed by atoms with E-state index in [1.54, 1.807) is 0 Å². The number of rotatable bonds is 3. The van der Waals surface area contributed by atoms with E-state index >= 15 is 0 Å². The fraction of sp³-hybridized carbons (Fsp3) is 0.500. The SMILES string of the molecule is O=C(C[C@@H]1N[C@H]2CCCC[C@@H]2NC1=O)Nc1ccc(F)c(Cl)c1. The van der Waals surface area contributed by atoms with Crippen molar-refractivity contribution in [3.63, 3.8) is 0 Å². The normalized spacial score (nSPS) is 27.0. The van der Waals surface area contributed by atoms with Gasteiger partial charge in [-0.3, -0.25) is 9.59 Å². The molecule has 23 heavy (non-hydrogen) atoms. The van der Waals surface area contributed by atoms with Crippen molar-refractivity contribution in [1.29, 1.82) is 0 Å². The van der Waals surface area contributed by atoms with E-state index in [9.17, 15) is 14.0 Å². The summed E-state index contributed by atoms with van der Waals surface area (Å²) in [7, 11) is 0. The predicted molar refractivity (Wildman–Crippen MR) is 85.8 cm³/mol. The Bertz CT molecular complexity index is 625. The predicted octanol–water partition coefficient (Wildman–Crippen LogP) is 2.21. The molecule has 1 aromatic carbocycles. The lowest BCUT2D eigenvalue weighted by molar-refractivity contribution is -0.129. The summed E-state index contributed by atoms with van der Waals surface area (Å²) in [6, 6.07) is 3.84. The van der Waals surface area contributed by atoms with Gasteiger partial charge in [-0.15, -0.1) is 0 Å². The number of hydrogen-bond donors (Lipinski definition) is 3. The van der Waals surface area contributed by atoms with Crippen LogP contribution in [0.4, 0.5) is 10.1 Å². The molecule has 1 aliphatic heterocycles. The topological polar surface area (TPSA) is 70.2 Å². The van der Waals surface area contributed by atoms with Crippen molar-refractivity contribution in [2.75, 3.05) is 5.32 Å². The van der Waals surface area contributed by atoms with Crippen LogP contribution < -0.4 is 16.0 Å².